The molecule has 0 saturated carbocycles. The van der Waals surface area contributed by atoms with Gasteiger partial charge >= 0.3 is 5.97 Å². The Labute approximate surface area is 125 Å². The van der Waals surface area contributed by atoms with E-state index in [0.29, 0.717) is 11.3 Å². The first kappa shape index (κ1) is 15.4. The second-order valence-corrected chi connectivity index (χ2v) is 4.44. The third-order valence-electron chi connectivity index (χ3n) is 2.98. The molecule has 22 heavy (non-hydrogen) atoms. The van der Waals surface area contributed by atoms with Crippen LogP contribution in [0.5, 0.6) is 0 Å². The molecule has 0 aliphatic heterocycles. The van der Waals surface area contributed by atoms with Crippen LogP contribution in [0.25, 0.3) is 0 Å². The number of nitrogens with one attached hydrogen (secondary N) is 1. The molecule has 0 saturated heterocycles. The molecule has 0 heterocycles. The molecule has 0 unspecified atom stereocenters. The van der Waals surface area contributed by atoms with Gasteiger partial charge in [0.25, 0.3) is 5.69 Å². The number of benzene rings is 2. The summed E-state index contributed by atoms with van der Waals surface area (Å²) in [6, 6.07) is 9.53. The van der Waals surface area contributed by atoms with E-state index in [4.69, 9.17) is 4.74 Å². The van der Waals surface area contributed by atoms with Crippen LogP contribution in [0.4, 0.5) is 15.8 Å². The van der Waals surface area contributed by atoms with Gasteiger partial charge < -0.3 is 10.1 Å². The summed E-state index contributed by atoms with van der Waals surface area (Å²) in [5.74, 6) is -1.07. The standard InChI is InChI=1S/C15H13FN2O4/c1-17-13-7-4-11(8-14(13)18(20)21)15(19)22-9-10-2-5-12(16)6-3-10/h2-8,17H,9H2,1H3. The summed E-state index contributed by atoms with van der Waals surface area (Å²) in [7, 11) is 1.55. The van der Waals surface area contributed by atoms with Gasteiger partial charge in [0.2, 0.25) is 0 Å². The summed E-state index contributed by atoms with van der Waals surface area (Å²) >= 11 is 0. The van der Waals surface area contributed by atoms with Crippen molar-refractivity contribution in [1.29, 1.82) is 0 Å². The molecular weight excluding hydrogens is 291 g/mol. The molecule has 2 rings (SSSR count). The van der Waals surface area contributed by atoms with E-state index in [1.165, 1.54) is 36.4 Å². The van der Waals surface area contributed by atoms with Crippen LogP contribution in [0.1, 0.15) is 15.9 Å². The van der Waals surface area contributed by atoms with Gasteiger partial charge in [-0.1, -0.05) is 12.1 Å². The molecule has 2 aromatic rings. The molecular formula is C15H13FN2O4. The Morgan fingerprint density at radius 1 is 1.27 bits per heavy atom. The number of nitrogens with zero attached hydrogens (tertiary/aromatic N) is 1. The summed E-state index contributed by atoms with van der Waals surface area (Å²) in [4.78, 5) is 22.3. The summed E-state index contributed by atoms with van der Waals surface area (Å²) in [6.45, 7) is -0.0410. The van der Waals surface area contributed by atoms with Crippen LogP contribution in [-0.4, -0.2) is 17.9 Å². The van der Waals surface area contributed by atoms with Crippen molar-refractivity contribution in [2.75, 3.05) is 12.4 Å². The molecule has 0 aromatic heterocycles. The lowest BCUT2D eigenvalue weighted by molar-refractivity contribution is -0.384. The molecule has 0 atom stereocenters. The van der Waals surface area contributed by atoms with Crippen LogP contribution >= 0.6 is 0 Å². The van der Waals surface area contributed by atoms with Crippen molar-refractivity contribution >= 4 is 17.3 Å². The van der Waals surface area contributed by atoms with Crippen molar-refractivity contribution in [2.45, 2.75) is 6.61 Å². The number of hydrogen-bond acceptors (Lipinski definition) is 5. The predicted molar refractivity (Wildman–Crippen MR) is 78.2 cm³/mol. The van der Waals surface area contributed by atoms with Crippen LogP contribution in [0, 0.1) is 15.9 Å². The Hall–Kier alpha value is -2.96. The summed E-state index contributed by atoms with van der Waals surface area (Å²) in [5, 5.41) is 13.6. The molecule has 0 radical (unpaired) electrons. The minimum atomic E-state index is -0.685. The third kappa shape index (κ3) is 3.57. The third-order valence-corrected chi connectivity index (χ3v) is 2.98. The minimum Gasteiger partial charge on any atom is -0.457 e. The first-order chi connectivity index (χ1) is 10.5. The zero-order chi connectivity index (χ0) is 16.1. The number of nitro benzene ring substituents is 1. The molecule has 0 bridgehead atoms. The molecule has 114 valence electrons. The van der Waals surface area contributed by atoms with Crippen LogP contribution in [0.2, 0.25) is 0 Å². The number of nitro groups is 1. The smallest absolute Gasteiger partial charge is 0.338 e. The fraction of sp³-hybridized carbons (Fsp3) is 0.133. The largest absolute Gasteiger partial charge is 0.457 e. The lowest BCUT2D eigenvalue weighted by atomic mass is 10.1. The average molecular weight is 304 g/mol. The van der Waals surface area contributed by atoms with E-state index in [2.05, 4.69) is 5.32 Å². The summed E-state index contributed by atoms with van der Waals surface area (Å²) in [6.07, 6.45) is 0. The number of carbonyl (C=O) groups excluding carboxylic acids is 1. The number of anilines is 1. The van der Waals surface area contributed by atoms with Crippen LogP contribution < -0.4 is 5.32 Å². The van der Waals surface area contributed by atoms with E-state index in [-0.39, 0.29) is 23.7 Å². The molecule has 0 aliphatic rings. The van der Waals surface area contributed by atoms with Crippen molar-refractivity contribution in [3.63, 3.8) is 0 Å². The van der Waals surface area contributed by atoms with Crippen molar-refractivity contribution in [3.8, 4) is 0 Å². The number of halogens is 1. The first-order valence-electron chi connectivity index (χ1n) is 6.39. The van der Waals surface area contributed by atoms with E-state index in [0.717, 1.165) is 6.07 Å². The molecule has 1 N–H and O–H groups in total. The highest BCUT2D eigenvalue weighted by molar-refractivity contribution is 5.91. The Kier molecular flexibility index (Phi) is 4.67. The van der Waals surface area contributed by atoms with Gasteiger partial charge in [0.1, 0.15) is 18.1 Å². The number of ether oxygens (including phenoxy) is 1. The van der Waals surface area contributed by atoms with Crippen LogP contribution in [0.3, 0.4) is 0 Å². The van der Waals surface area contributed by atoms with Crippen molar-refractivity contribution < 1.29 is 18.8 Å². The zero-order valence-electron chi connectivity index (χ0n) is 11.7. The molecule has 6 nitrogen and oxygen atoms in total. The van der Waals surface area contributed by atoms with Crippen molar-refractivity contribution in [1.82, 2.24) is 0 Å². The molecule has 7 heteroatoms. The molecule has 0 aliphatic carbocycles. The van der Waals surface area contributed by atoms with Crippen LogP contribution in [0.15, 0.2) is 42.5 Å². The van der Waals surface area contributed by atoms with Gasteiger partial charge in [-0.3, -0.25) is 10.1 Å². The zero-order valence-corrected chi connectivity index (χ0v) is 11.7. The van der Waals surface area contributed by atoms with Gasteiger partial charge in [-0.2, -0.15) is 0 Å². The topological polar surface area (TPSA) is 81.5 Å². The van der Waals surface area contributed by atoms with E-state index in [9.17, 15) is 19.3 Å². The summed E-state index contributed by atoms with van der Waals surface area (Å²) < 4.78 is 17.8. The Morgan fingerprint density at radius 2 is 1.95 bits per heavy atom. The number of esters is 1. The minimum absolute atomic E-state index is 0.0410. The maximum absolute atomic E-state index is 12.8. The highest BCUT2D eigenvalue weighted by atomic mass is 19.1. The van der Waals surface area contributed by atoms with E-state index in [1.54, 1.807) is 7.05 Å². The van der Waals surface area contributed by atoms with Gasteiger partial charge in [0.15, 0.2) is 0 Å². The second kappa shape index (κ2) is 6.66. The predicted octanol–water partition coefficient (Wildman–Crippen LogP) is 3.13. The molecule has 2 aromatic carbocycles. The lowest BCUT2D eigenvalue weighted by Crippen LogP contribution is -2.07. The Balaban J connectivity index is 2.10. The van der Waals surface area contributed by atoms with Gasteiger partial charge in [0, 0.05) is 13.1 Å². The first-order valence-corrected chi connectivity index (χ1v) is 6.39. The molecule has 0 amide bonds. The van der Waals surface area contributed by atoms with E-state index < -0.39 is 10.9 Å². The maximum atomic E-state index is 12.8. The second-order valence-electron chi connectivity index (χ2n) is 4.44. The quantitative estimate of drug-likeness (QED) is 0.521. The molecule has 0 fully saturated rings. The average Bonchev–Trinajstić information content (AvgIpc) is 2.53. The fourth-order valence-electron chi connectivity index (χ4n) is 1.83. The van der Waals surface area contributed by atoms with Gasteiger partial charge in [-0.25, -0.2) is 9.18 Å². The van der Waals surface area contributed by atoms with Crippen molar-refractivity contribution in [2.24, 2.45) is 0 Å². The monoisotopic (exact) mass is 304 g/mol. The van der Waals surface area contributed by atoms with Crippen molar-refractivity contribution in [3.05, 3.63) is 69.5 Å². The number of hydrogen-bond donors (Lipinski definition) is 1. The number of rotatable bonds is 5. The molecule has 0 spiro atoms. The van der Waals surface area contributed by atoms with E-state index >= 15 is 0 Å². The highest BCUT2D eigenvalue weighted by Gasteiger charge is 2.17. The number of carbonyl (C=O) groups is 1. The normalized spacial score (nSPS) is 10.1. The SMILES string of the molecule is CNc1ccc(C(=O)OCc2ccc(F)cc2)cc1[N+](=O)[O-]. The van der Waals surface area contributed by atoms with Gasteiger partial charge in [0.05, 0.1) is 10.5 Å². The maximum Gasteiger partial charge on any atom is 0.338 e. The van der Waals surface area contributed by atoms with Gasteiger partial charge in [-0.05, 0) is 29.8 Å². The lowest BCUT2D eigenvalue weighted by Gasteiger charge is -2.07. The van der Waals surface area contributed by atoms with Gasteiger partial charge in [-0.15, -0.1) is 0 Å². The van der Waals surface area contributed by atoms with Crippen LogP contribution in [-0.2, 0) is 11.3 Å². The summed E-state index contributed by atoms with van der Waals surface area (Å²) in [5.41, 5.74) is 0.794. The fourth-order valence-corrected chi connectivity index (χ4v) is 1.83. The van der Waals surface area contributed by atoms with E-state index in [1.807, 2.05) is 0 Å². The Bertz CT molecular complexity index is 701. The highest BCUT2D eigenvalue weighted by Crippen LogP contribution is 2.25. The Morgan fingerprint density at radius 3 is 2.55 bits per heavy atom.